The van der Waals surface area contributed by atoms with E-state index in [0.29, 0.717) is 0 Å². The molecule has 16 heavy (non-hydrogen) atoms. The van der Waals surface area contributed by atoms with Crippen molar-refractivity contribution in [3.05, 3.63) is 40.6 Å². The van der Waals surface area contributed by atoms with Gasteiger partial charge in [-0.05, 0) is 62.3 Å². The molecule has 0 unspecified atom stereocenters. The maximum atomic E-state index is 4.84. The van der Waals surface area contributed by atoms with Crippen molar-refractivity contribution >= 4 is 10.9 Å². The molecule has 0 radical (unpaired) electrons. The molecule has 0 amide bonds. The molecule has 0 bridgehead atoms. The average Bonchev–Trinajstić information content (AvgIpc) is 2.29. The monoisotopic (exact) mass is 211 g/mol. The maximum Gasteiger partial charge on any atom is 0.0710 e. The minimum absolute atomic E-state index is 1.17. The molecule has 1 heterocycles. The molecule has 0 saturated carbocycles. The van der Waals surface area contributed by atoms with E-state index >= 15 is 0 Å². The lowest BCUT2D eigenvalue weighted by Crippen LogP contribution is -2.08. The van der Waals surface area contributed by atoms with Gasteiger partial charge in [0.05, 0.1) is 5.52 Å². The molecule has 1 aromatic heterocycles. The van der Waals surface area contributed by atoms with Gasteiger partial charge in [-0.2, -0.15) is 0 Å². The highest BCUT2D eigenvalue weighted by molar-refractivity contribution is 5.84. The standard InChI is InChI=1S/C15H17N/c1-10-7-8-13-11(2)12-5-3-4-6-14(12)16-15(13)9-10/h7-9H,3-6H2,1-2H3. The van der Waals surface area contributed by atoms with Crippen molar-refractivity contribution in [2.45, 2.75) is 39.5 Å². The smallest absolute Gasteiger partial charge is 0.0710 e. The van der Waals surface area contributed by atoms with Crippen LogP contribution in [0.15, 0.2) is 18.2 Å². The van der Waals surface area contributed by atoms with Crippen LogP contribution in [0.25, 0.3) is 10.9 Å². The summed E-state index contributed by atoms with van der Waals surface area (Å²) in [6, 6.07) is 6.62. The molecule has 2 aromatic rings. The topological polar surface area (TPSA) is 12.9 Å². The van der Waals surface area contributed by atoms with Gasteiger partial charge in [0.2, 0.25) is 0 Å². The normalized spacial score (nSPS) is 15.1. The van der Waals surface area contributed by atoms with Crippen molar-refractivity contribution in [2.24, 2.45) is 0 Å². The Hall–Kier alpha value is -1.37. The Labute approximate surface area is 96.5 Å². The maximum absolute atomic E-state index is 4.84. The van der Waals surface area contributed by atoms with Crippen molar-refractivity contribution in [1.82, 2.24) is 4.98 Å². The van der Waals surface area contributed by atoms with Crippen LogP contribution in [0.2, 0.25) is 0 Å². The second-order valence-electron chi connectivity index (χ2n) is 4.89. The van der Waals surface area contributed by atoms with Crippen molar-refractivity contribution in [2.75, 3.05) is 0 Å². The highest BCUT2D eigenvalue weighted by Gasteiger charge is 2.15. The number of rotatable bonds is 0. The third-order valence-electron chi connectivity index (χ3n) is 3.70. The van der Waals surface area contributed by atoms with Crippen LogP contribution in [-0.4, -0.2) is 4.98 Å². The minimum atomic E-state index is 1.17. The molecule has 0 aliphatic heterocycles. The molecule has 0 spiro atoms. The molecule has 0 saturated heterocycles. The molecule has 1 aliphatic rings. The highest BCUT2D eigenvalue weighted by Crippen LogP contribution is 2.28. The van der Waals surface area contributed by atoms with E-state index in [1.165, 1.54) is 59.0 Å². The van der Waals surface area contributed by atoms with Gasteiger partial charge in [0.1, 0.15) is 0 Å². The molecular formula is C15H17N. The van der Waals surface area contributed by atoms with Crippen LogP contribution >= 0.6 is 0 Å². The van der Waals surface area contributed by atoms with Crippen LogP contribution in [0.5, 0.6) is 0 Å². The summed E-state index contributed by atoms with van der Waals surface area (Å²) in [5, 5.41) is 1.34. The van der Waals surface area contributed by atoms with Crippen molar-refractivity contribution in [3.8, 4) is 0 Å². The van der Waals surface area contributed by atoms with Crippen LogP contribution < -0.4 is 0 Å². The summed E-state index contributed by atoms with van der Waals surface area (Å²) < 4.78 is 0. The van der Waals surface area contributed by atoms with Gasteiger partial charge < -0.3 is 0 Å². The number of fused-ring (bicyclic) bond motifs is 2. The zero-order valence-corrected chi connectivity index (χ0v) is 10.0. The summed E-state index contributed by atoms with van der Waals surface area (Å²) >= 11 is 0. The first-order valence-corrected chi connectivity index (χ1v) is 6.14. The van der Waals surface area contributed by atoms with Crippen LogP contribution in [0.3, 0.4) is 0 Å². The number of aromatic nitrogens is 1. The van der Waals surface area contributed by atoms with Gasteiger partial charge in [0.15, 0.2) is 0 Å². The average molecular weight is 211 g/mol. The Kier molecular flexibility index (Phi) is 2.20. The lowest BCUT2D eigenvalue weighted by atomic mass is 9.90. The number of benzene rings is 1. The van der Waals surface area contributed by atoms with Gasteiger partial charge in [0.25, 0.3) is 0 Å². The van der Waals surface area contributed by atoms with Crippen LogP contribution in [-0.2, 0) is 12.8 Å². The fraction of sp³-hybridized carbons (Fsp3) is 0.400. The van der Waals surface area contributed by atoms with Gasteiger partial charge in [-0.25, -0.2) is 0 Å². The Morgan fingerprint density at radius 1 is 1.06 bits per heavy atom. The summed E-state index contributed by atoms with van der Waals surface area (Å²) in [6.45, 7) is 4.39. The molecule has 0 N–H and O–H groups in total. The van der Waals surface area contributed by atoms with Gasteiger partial charge >= 0.3 is 0 Å². The fourth-order valence-electron chi connectivity index (χ4n) is 2.78. The van der Waals surface area contributed by atoms with E-state index < -0.39 is 0 Å². The summed E-state index contributed by atoms with van der Waals surface area (Å²) in [5.41, 5.74) is 6.80. The Balaban J connectivity index is 2.34. The van der Waals surface area contributed by atoms with Crippen LogP contribution in [0, 0.1) is 13.8 Å². The number of nitrogens with zero attached hydrogens (tertiary/aromatic N) is 1. The van der Waals surface area contributed by atoms with E-state index in [0.717, 1.165) is 0 Å². The number of hydrogen-bond acceptors (Lipinski definition) is 1. The lowest BCUT2D eigenvalue weighted by molar-refractivity contribution is 0.668. The van der Waals surface area contributed by atoms with Gasteiger partial charge in [0, 0.05) is 11.1 Å². The van der Waals surface area contributed by atoms with E-state index in [9.17, 15) is 0 Å². The predicted octanol–water partition coefficient (Wildman–Crippen LogP) is 3.73. The Morgan fingerprint density at radius 2 is 1.88 bits per heavy atom. The van der Waals surface area contributed by atoms with Crippen molar-refractivity contribution < 1.29 is 0 Å². The Morgan fingerprint density at radius 3 is 2.75 bits per heavy atom. The quantitative estimate of drug-likeness (QED) is 0.647. The fourth-order valence-corrected chi connectivity index (χ4v) is 2.78. The number of aryl methyl sites for hydroxylation is 3. The number of pyridine rings is 1. The largest absolute Gasteiger partial charge is 0.253 e. The second-order valence-corrected chi connectivity index (χ2v) is 4.89. The summed E-state index contributed by atoms with van der Waals surface area (Å²) in [5.74, 6) is 0. The van der Waals surface area contributed by atoms with Crippen LogP contribution in [0.1, 0.15) is 35.2 Å². The molecule has 1 aliphatic carbocycles. The molecular weight excluding hydrogens is 194 g/mol. The summed E-state index contributed by atoms with van der Waals surface area (Å²) in [6.07, 6.45) is 5.02. The molecule has 1 heteroatoms. The molecule has 1 aromatic carbocycles. The third-order valence-corrected chi connectivity index (χ3v) is 3.70. The first-order chi connectivity index (χ1) is 7.75. The number of hydrogen-bond donors (Lipinski definition) is 0. The first-order valence-electron chi connectivity index (χ1n) is 6.14. The van der Waals surface area contributed by atoms with Crippen molar-refractivity contribution in [3.63, 3.8) is 0 Å². The molecule has 3 rings (SSSR count). The summed E-state index contributed by atoms with van der Waals surface area (Å²) in [4.78, 5) is 4.84. The minimum Gasteiger partial charge on any atom is -0.253 e. The van der Waals surface area contributed by atoms with E-state index in [4.69, 9.17) is 4.98 Å². The highest BCUT2D eigenvalue weighted by atomic mass is 14.7. The van der Waals surface area contributed by atoms with Gasteiger partial charge in [-0.3, -0.25) is 4.98 Å². The Bertz CT molecular complexity index is 555. The zero-order valence-electron chi connectivity index (χ0n) is 10.0. The zero-order chi connectivity index (χ0) is 11.1. The third kappa shape index (κ3) is 1.42. The first kappa shape index (κ1) is 9.83. The molecule has 0 fully saturated rings. The SMILES string of the molecule is Cc1ccc2c(C)c3c(nc2c1)CCCC3. The van der Waals surface area contributed by atoms with Gasteiger partial charge in [-0.15, -0.1) is 0 Å². The van der Waals surface area contributed by atoms with Crippen LogP contribution in [0.4, 0.5) is 0 Å². The van der Waals surface area contributed by atoms with E-state index in [1.807, 2.05) is 0 Å². The molecule has 0 atom stereocenters. The van der Waals surface area contributed by atoms with Gasteiger partial charge in [-0.1, -0.05) is 12.1 Å². The second kappa shape index (κ2) is 3.58. The molecule has 1 nitrogen and oxygen atoms in total. The van der Waals surface area contributed by atoms with E-state index in [2.05, 4.69) is 32.0 Å². The molecule has 82 valence electrons. The van der Waals surface area contributed by atoms with E-state index in [-0.39, 0.29) is 0 Å². The lowest BCUT2D eigenvalue weighted by Gasteiger charge is -2.18. The van der Waals surface area contributed by atoms with E-state index in [1.54, 1.807) is 0 Å². The van der Waals surface area contributed by atoms with Crippen molar-refractivity contribution in [1.29, 1.82) is 0 Å². The predicted molar refractivity (Wildman–Crippen MR) is 67.9 cm³/mol. The summed E-state index contributed by atoms with van der Waals surface area (Å²) in [7, 11) is 0.